The number of amides is 2. The van der Waals surface area contributed by atoms with Gasteiger partial charge in [-0.15, -0.1) is 11.1 Å². The topological polar surface area (TPSA) is 45.3 Å². The van der Waals surface area contributed by atoms with Gasteiger partial charge in [0.2, 0.25) is 0 Å². The van der Waals surface area contributed by atoms with Crippen LogP contribution in [0.4, 0.5) is 4.79 Å². The molecule has 0 radical (unpaired) electrons. The molecule has 0 aromatic heterocycles. The third kappa shape index (κ3) is 6.83. The number of fused-ring (bicyclic) bond motifs is 5. The number of carbonyl (C=O) groups excluding carboxylic acids is 1. The minimum Gasteiger partial charge on any atom is -0.665 e. The molecule has 3 unspecified atom stereocenters. The number of urea groups is 1. The molecule has 3 fully saturated rings. The zero-order chi connectivity index (χ0) is 21.2. The molecule has 3 aliphatic rings. The van der Waals surface area contributed by atoms with Crippen LogP contribution in [-0.4, -0.2) is 17.1 Å². The van der Waals surface area contributed by atoms with Crippen LogP contribution >= 0.6 is 0 Å². The summed E-state index contributed by atoms with van der Waals surface area (Å²) in [5.74, 6) is 4.69. The number of benzene rings is 1. The summed E-state index contributed by atoms with van der Waals surface area (Å²) in [7, 11) is 0. The van der Waals surface area contributed by atoms with E-state index >= 15 is 0 Å². The van der Waals surface area contributed by atoms with E-state index in [1.165, 1.54) is 37.7 Å². The van der Waals surface area contributed by atoms with Crippen LogP contribution in [0.3, 0.4) is 0 Å². The van der Waals surface area contributed by atoms with Crippen molar-refractivity contribution in [2.45, 2.75) is 90.6 Å². The number of rotatable bonds is 1. The van der Waals surface area contributed by atoms with E-state index in [4.69, 9.17) is 0 Å². The van der Waals surface area contributed by atoms with Crippen LogP contribution in [0.25, 0.3) is 10.6 Å². The van der Waals surface area contributed by atoms with Gasteiger partial charge < -0.3 is 21.8 Å². The fourth-order valence-corrected chi connectivity index (χ4v) is 5.51. The van der Waals surface area contributed by atoms with Gasteiger partial charge in [-0.1, -0.05) is 85.5 Å². The Morgan fingerprint density at radius 3 is 2.10 bits per heavy atom. The summed E-state index contributed by atoms with van der Waals surface area (Å²) in [6.45, 7) is 11.3. The first-order valence-corrected chi connectivity index (χ1v) is 11.3. The smallest absolute Gasteiger partial charge is 0 e. The number of hydrogen-bond donors (Lipinski definition) is 0. The molecule has 1 aromatic carbocycles. The van der Waals surface area contributed by atoms with Gasteiger partial charge in [-0.25, -0.2) is 0 Å². The Kier molecular flexibility index (Phi) is 8.62. The average molecular weight is 501 g/mol. The van der Waals surface area contributed by atoms with Crippen LogP contribution < -0.4 is 0 Å². The Labute approximate surface area is 198 Å². The van der Waals surface area contributed by atoms with Gasteiger partial charge in [0.05, 0.1) is 0 Å². The fraction of sp³-hybridized carbons (Fsp3) is 0.692. The molecule has 0 saturated heterocycles. The number of carbonyl (C=O) groups is 1. The van der Waals surface area contributed by atoms with Gasteiger partial charge >= 0.3 is 0 Å². The van der Waals surface area contributed by atoms with Gasteiger partial charge in [0.1, 0.15) is 0 Å². The second kappa shape index (κ2) is 10.2. The van der Waals surface area contributed by atoms with Gasteiger partial charge in [-0.05, 0) is 11.9 Å². The van der Waals surface area contributed by atoms with Crippen molar-refractivity contribution in [1.82, 2.24) is 0 Å². The molecule has 4 heteroatoms. The second-order valence-corrected chi connectivity index (χ2v) is 11.1. The van der Waals surface area contributed by atoms with E-state index in [1.54, 1.807) is 0 Å². The monoisotopic (exact) mass is 500 g/mol. The molecule has 3 aliphatic carbocycles. The van der Waals surface area contributed by atoms with Crippen LogP contribution in [0.15, 0.2) is 24.3 Å². The van der Waals surface area contributed by atoms with Crippen molar-refractivity contribution in [2.75, 3.05) is 0 Å². The third-order valence-electron chi connectivity index (χ3n) is 6.39. The molecule has 5 atom stereocenters. The molecule has 0 heterocycles. The maximum atomic E-state index is 11.1. The van der Waals surface area contributed by atoms with E-state index in [2.05, 4.69) is 47.4 Å². The maximum absolute atomic E-state index is 11.1. The van der Waals surface area contributed by atoms with E-state index in [0.717, 1.165) is 29.6 Å². The van der Waals surface area contributed by atoms with Gasteiger partial charge in [0.15, 0.2) is 0 Å². The van der Waals surface area contributed by atoms with E-state index in [1.807, 2.05) is 41.5 Å². The molecular weight excluding hydrogens is 463 g/mol. The minimum atomic E-state index is -0.366. The van der Waals surface area contributed by atoms with Crippen LogP contribution in [-0.2, 0) is 20.4 Å². The van der Waals surface area contributed by atoms with Gasteiger partial charge in [-0.3, -0.25) is 0 Å². The zero-order valence-corrected chi connectivity index (χ0v) is 21.0. The van der Waals surface area contributed by atoms with Crippen LogP contribution in [0, 0.1) is 36.2 Å². The first-order chi connectivity index (χ1) is 13.5. The summed E-state index contributed by atoms with van der Waals surface area (Å²) in [4.78, 5) is 11.1. The summed E-state index contributed by atoms with van der Waals surface area (Å²) in [5, 5.41) is 7.78. The first kappa shape index (κ1) is 25.4. The van der Waals surface area contributed by atoms with E-state index in [9.17, 15) is 4.79 Å². The number of hydrogen-bond acceptors (Lipinski definition) is 1. The van der Waals surface area contributed by atoms with Crippen molar-refractivity contribution in [3.05, 3.63) is 52.9 Å². The molecule has 0 spiro atoms. The average Bonchev–Trinajstić information content (AvgIpc) is 3.19. The summed E-state index contributed by atoms with van der Waals surface area (Å²) in [5.41, 5.74) is 0.793. The minimum absolute atomic E-state index is 0. The molecule has 172 valence electrons. The van der Waals surface area contributed by atoms with Crippen molar-refractivity contribution >= 4 is 6.03 Å². The Hall–Kier alpha value is -0.848. The summed E-state index contributed by atoms with van der Waals surface area (Å²) < 4.78 is 0. The zero-order valence-electron chi connectivity index (χ0n) is 19.4. The maximum Gasteiger partial charge on any atom is 0 e. The van der Waals surface area contributed by atoms with Crippen molar-refractivity contribution in [2.24, 2.45) is 23.7 Å². The Balaban J connectivity index is 0.000000222. The number of nitrogens with zero attached hydrogens (tertiary/aromatic N) is 2. The SMILES string of the molecule is CC(C)(C)[N-]C(=O)[N-]C(C)(C)C.[Pd].[c-]1ccccc1C1[CH-]C2CC1[C@@H]1CCCC[C@H]21. The predicted molar refractivity (Wildman–Crippen MR) is 121 cm³/mol. The van der Waals surface area contributed by atoms with Crippen molar-refractivity contribution < 1.29 is 25.2 Å². The summed E-state index contributed by atoms with van der Waals surface area (Å²) >= 11 is 0. The third-order valence-corrected chi connectivity index (χ3v) is 6.39. The molecule has 4 rings (SSSR count). The van der Waals surface area contributed by atoms with Crippen LogP contribution in [0.1, 0.15) is 85.1 Å². The normalized spacial score (nSPS) is 29.7. The Bertz CT molecular complexity index is 659. The van der Waals surface area contributed by atoms with Crippen LogP contribution in [0.5, 0.6) is 0 Å². The van der Waals surface area contributed by atoms with Gasteiger partial charge in [0, 0.05) is 20.4 Å². The molecule has 30 heavy (non-hydrogen) atoms. The van der Waals surface area contributed by atoms with Gasteiger partial charge in [0.25, 0.3) is 0 Å². The molecule has 1 aromatic rings. The molecular formula is C26H38N2OPd-4. The van der Waals surface area contributed by atoms with Crippen molar-refractivity contribution in [3.8, 4) is 0 Å². The molecule has 0 aliphatic heterocycles. The summed E-state index contributed by atoms with van der Waals surface area (Å²) in [6, 6.07) is 11.7. The summed E-state index contributed by atoms with van der Waals surface area (Å²) in [6.07, 6.45) is 10.1. The van der Waals surface area contributed by atoms with E-state index in [0.29, 0.717) is 0 Å². The molecule has 0 N–H and O–H groups in total. The molecule has 2 bridgehead atoms. The predicted octanol–water partition coefficient (Wildman–Crippen LogP) is 7.68. The standard InChI is InChI=1S/C17H20.C9H19N2O.Pd/c1-2-6-12(7-3-1)16-10-13-11-17(16)15-9-5-4-8-14(13)15;1-8(2,3)10-7(12)11-9(4,5)6;/h1-3,6,10,13-17H,4-5,8-9,11H2;1-6H3,(H-,10,11,12);/q-2;-1;/p-1/t13?,14-,15-,16?,17?;;/m1../s1. The van der Waals surface area contributed by atoms with E-state index in [-0.39, 0.29) is 37.5 Å². The first-order valence-electron chi connectivity index (χ1n) is 11.3. The fourth-order valence-electron chi connectivity index (χ4n) is 5.51. The van der Waals surface area contributed by atoms with Crippen molar-refractivity contribution in [3.63, 3.8) is 0 Å². The van der Waals surface area contributed by atoms with Gasteiger partial charge in [-0.2, -0.15) is 47.7 Å². The Morgan fingerprint density at radius 1 is 0.967 bits per heavy atom. The second-order valence-electron chi connectivity index (χ2n) is 11.1. The Morgan fingerprint density at radius 2 is 1.57 bits per heavy atom. The largest absolute Gasteiger partial charge is 0.665 e. The van der Waals surface area contributed by atoms with Crippen LogP contribution in [0.2, 0.25) is 0 Å². The molecule has 2 amide bonds. The van der Waals surface area contributed by atoms with Crippen molar-refractivity contribution in [1.29, 1.82) is 0 Å². The molecule has 3 saturated carbocycles. The van der Waals surface area contributed by atoms with E-state index < -0.39 is 0 Å². The molecule has 3 nitrogen and oxygen atoms in total. The quantitative estimate of drug-likeness (QED) is 0.288.